The number of alkyl carbamates (subject to hydrolysis) is 1. The molecule has 2 aliphatic rings. The van der Waals surface area contributed by atoms with E-state index >= 15 is 0 Å². The molecule has 2 aromatic carbocycles. The molecular formula is C45H53N9O6. The van der Waals surface area contributed by atoms with Crippen molar-refractivity contribution in [2.24, 2.45) is 11.3 Å². The van der Waals surface area contributed by atoms with Crippen molar-refractivity contribution in [3.05, 3.63) is 108 Å². The third-order valence-corrected chi connectivity index (χ3v) is 10.9. The van der Waals surface area contributed by atoms with Crippen molar-refractivity contribution in [2.45, 2.75) is 78.7 Å². The molecule has 0 saturated carbocycles. The molecule has 0 bridgehead atoms. The van der Waals surface area contributed by atoms with E-state index in [2.05, 4.69) is 76.8 Å². The van der Waals surface area contributed by atoms with E-state index in [1.165, 1.54) is 0 Å². The minimum atomic E-state index is -0.732. The van der Waals surface area contributed by atoms with Crippen molar-refractivity contribution in [3.63, 3.8) is 0 Å². The zero-order chi connectivity index (χ0) is 42.2. The maximum atomic E-state index is 14.4. The molecule has 0 spiro atoms. The number of carbonyl (C=O) groups is 3. The van der Waals surface area contributed by atoms with Crippen LogP contribution >= 0.6 is 0 Å². The summed E-state index contributed by atoms with van der Waals surface area (Å²) in [5, 5.41) is 18.1. The summed E-state index contributed by atoms with van der Waals surface area (Å²) in [7, 11) is 0. The van der Waals surface area contributed by atoms with Gasteiger partial charge in [-0.25, -0.2) is 19.3 Å². The number of carbonyl (C=O) groups excluding carboxylic acids is 3. The van der Waals surface area contributed by atoms with E-state index in [0.717, 1.165) is 41.3 Å². The van der Waals surface area contributed by atoms with Crippen molar-refractivity contribution < 1.29 is 28.6 Å². The monoisotopic (exact) mass is 815 g/mol. The van der Waals surface area contributed by atoms with Gasteiger partial charge >= 0.3 is 12.2 Å². The van der Waals surface area contributed by atoms with Crippen LogP contribution in [0.1, 0.15) is 81.5 Å². The molecule has 4 atom stereocenters. The molecule has 314 valence electrons. The average Bonchev–Trinajstić information content (AvgIpc) is 3.77. The number of nitrogens with one attached hydrogen (secondary N) is 3. The number of aromatic nitrogens is 5. The predicted molar refractivity (Wildman–Crippen MR) is 230 cm³/mol. The molecule has 3 aromatic heterocycles. The van der Waals surface area contributed by atoms with Gasteiger partial charge in [0.2, 0.25) is 0 Å². The first-order chi connectivity index (χ1) is 29.0. The normalized spacial score (nSPS) is 18.6. The van der Waals surface area contributed by atoms with Crippen LogP contribution in [0.3, 0.4) is 0 Å². The lowest BCUT2D eigenvalue weighted by Crippen LogP contribution is -2.57. The molecule has 0 radical (unpaired) electrons. The number of hydrogen-bond donors (Lipinski definition) is 3. The second-order valence-corrected chi connectivity index (χ2v) is 16.4. The summed E-state index contributed by atoms with van der Waals surface area (Å²) < 4.78 is 18.9. The fraction of sp³-hybridized carbons (Fsp3) is 0.400. The highest BCUT2D eigenvalue weighted by Gasteiger charge is 2.39. The zero-order valence-electron chi connectivity index (χ0n) is 34.8. The van der Waals surface area contributed by atoms with Crippen LogP contribution in [0.25, 0.3) is 16.5 Å². The van der Waals surface area contributed by atoms with Crippen molar-refractivity contribution >= 4 is 51.6 Å². The van der Waals surface area contributed by atoms with E-state index in [1.807, 2.05) is 54.6 Å². The standard InChI is InChI=1S/C45H53N9O6/c1-6-10-39(45(3,4)5)60-44(57)51-37-27-53(26-29(2)41(37)54-20-19-47-52-54)38-15-18-46-25-36(38)49-42(55)40-35(50-43(56)59-28-30-11-8-7-9-12-30)24-33-14-13-32(23-34(33)48-40)31-16-21-58-22-17-31/h7-9,11-16,18-20,23-25,29,37,39,41H,6,10,17,21-22,26-28H2,1-5H3,(H,49,55)(H,50,56)(H,51,57)/t29-,37+,39?,41-/m0/s1. The first kappa shape index (κ1) is 41.8. The first-order valence-electron chi connectivity index (χ1n) is 20.5. The second-order valence-electron chi connectivity index (χ2n) is 16.4. The SMILES string of the molecule is CCCC(OC(=O)N[C@@H]1CN(c2ccncc2NC(=O)c2nc3cc(C4=CCOCC4)ccc3cc2NC(=O)OCc2ccccc2)C[C@H](C)[C@@H]1n1ccnn1)C(C)(C)C. The molecule has 7 rings (SSSR count). The summed E-state index contributed by atoms with van der Waals surface area (Å²) in [5.41, 5.74) is 4.57. The van der Waals surface area contributed by atoms with Gasteiger partial charge in [0.1, 0.15) is 12.7 Å². The van der Waals surface area contributed by atoms with Gasteiger partial charge in [-0.1, -0.05) is 94.8 Å². The highest BCUT2D eigenvalue weighted by Crippen LogP contribution is 2.35. The Bertz CT molecular complexity index is 2310. The lowest BCUT2D eigenvalue weighted by molar-refractivity contribution is 0.0217. The molecule has 5 aromatic rings. The quantitative estimate of drug-likeness (QED) is 0.111. The fourth-order valence-corrected chi connectivity index (χ4v) is 7.90. The van der Waals surface area contributed by atoms with E-state index in [9.17, 15) is 14.4 Å². The summed E-state index contributed by atoms with van der Waals surface area (Å²) in [6.07, 6.45) is 9.58. The minimum Gasteiger partial charge on any atom is -0.446 e. The molecule has 60 heavy (non-hydrogen) atoms. The highest BCUT2D eigenvalue weighted by molar-refractivity contribution is 6.11. The van der Waals surface area contributed by atoms with E-state index < -0.39 is 24.1 Å². The van der Waals surface area contributed by atoms with E-state index in [-0.39, 0.29) is 41.5 Å². The Balaban J connectivity index is 1.17. The van der Waals surface area contributed by atoms with Crippen LogP contribution in [-0.4, -0.2) is 81.5 Å². The van der Waals surface area contributed by atoms with Crippen LogP contribution in [0.4, 0.5) is 26.7 Å². The summed E-state index contributed by atoms with van der Waals surface area (Å²) in [5.74, 6) is -0.593. The maximum absolute atomic E-state index is 14.4. The van der Waals surface area contributed by atoms with Crippen LogP contribution in [0.5, 0.6) is 0 Å². The van der Waals surface area contributed by atoms with Gasteiger partial charge < -0.3 is 29.7 Å². The summed E-state index contributed by atoms with van der Waals surface area (Å²) in [6, 6.07) is 18.1. The third-order valence-electron chi connectivity index (χ3n) is 10.9. The van der Waals surface area contributed by atoms with Gasteiger partial charge in [-0.05, 0) is 59.1 Å². The van der Waals surface area contributed by atoms with Crippen molar-refractivity contribution in [1.29, 1.82) is 0 Å². The molecule has 2 aliphatic heterocycles. The number of ether oxygens (including phenoxy) is 3. The van der Waals surface area contributed by atoms with Gasteiger partial charge in [0, 0.05) is 30.9 Å². The number of anilines is 3. The number of piperidine rings is 1. The largest absolute Gasteiger partial charge is 0.446 e. The molecule has 3 amide bonds. The number of nitrogens with zero attached hydrogens (tertiary/aromatic N) is 6. The molecule has 15 nitrogen and oxygen atoms in total. The number of benzene rings is 2. The van der Waals surface area contributed by atoms with E-state index in [4.69, 9.17) is 19.2 Å². The van der Waals surface area contributed by atoms with Crippen molar-refractivity contribution in [1.82, 2.24) is 30.3 Å². The van der Waals surface area contributed by atoms with Crippen LogP contribution in [0, 0.1) is 11.3 Å². The van der Waals surface area contributed by atoms with Crippen LogP contribution in [-0.2, 0) is 20.8 Å². The second kappa shape index (κ2) is 18.7. The Kier molecular flexibility index (Phi) is 13.0. The summed E-state index contributed by atoms with van der Waals surface area (Å²) >= 11 is 0. The zero-order valence-corrected chi connectivity index (χ0v) is 34.8. The Hall–Kier alpha value is -6.35. The number of hydrogen-bond acceptors (Lipinski definition) is 11. The molecular weight excluding hydrogens is 763 g/mol. The molecule has 0 aliphatic carbocycles. The third kappa shape index (κ3) is 10.1. The Morgan fingerprint density at radius 1 is 0.983 bits per heavy atom. The molecule has 1 fully saturated rings. The lowest BCUT2D eigenvalue weighted by atomic mass is 9.86. The van der Waals surface area contributed by atoms with E-state index in [0.29, 0.717) is 43.2 Å². The molecule has 1 unspecified atom stereocenters. The van der Waals surface area contributed by atoms with E-state index in [1.54, 1.807) is 35.5 Å². The Labute approximate surface area is 349 Å². The maximum Gasteiger partial charge on any atom is 0.412 e. The van der Waals surface area contributed by atoms with Gasteiger partial charge in [-0.15, -0.1) is 5.10 Å². The number of amides is 3. The number of pyridine rings is 2. The Morgan fingerprint density at radius 2 is 1.82 bits per heavy atom. The lowest BCUT2D eigenvalue weighted by Gasteiger charge is -2.44. The van der Waals surface area contributed by atoms with Crippen molar-refractivity contribution in [3.8, 4) is 0 Å². The van der Waals surface area contributed by atoms with Crippen molar-refractivity contribution in [2.75, 3.05) is 41.8 Å². The molecule has 3 N–H and O–H groups in total. The molecule has 1 saturated heterocycles. The highest BCUT2D eigenvalue weighted by atomic mass is 16.6. The summed E-state index contributed by atoms with van der Waals surface area (Å²) in [4.78, 5) is 52.5. The molecule has 5 heterocycles. The topological polar surface area (TPSA) is 175 Å². The summed E-state index contributed by atoms with van der Waals surface area (Å²) in [6.45, 7) is 12.5. The predicted octanol–water partition coefficient (Wildman–Crippen LogP) is 8.03. The van der Waals surface area contributed by atoms with Gasteiger partial charge in [0.25, 0.3) is 5.91 Å². The number of rotatable bonds is 12. The number of fused-ring (bicyclic) bond motifs is 1. The average molecular weight is 816 g/mol. The molecule has 15 heteroatoms. The Morgan fingerprint density at radius 3 is 2.55 bits per heavy atom. The smallest absolute Gasteiger partial charge is 0.412 e. The van der Waals surface area contributed by atoms with Gasteiger partial charge in [-0.2, -0.15) is 0 Å². The minimum absolute atomic E-state index is 0.00639. The van der Waals surface area contributed by atoms with Gasteiger partial charge in [0.05, 0.1) is 60.3 Å². The van der Waals surface area contributed by atoms with Gasteiger partial charge in [-0.3, -0.25) is 15.1 Å². The fourth-order valence-electron chi connectivity index (χ4n) is 7.90. The van der Waals surface area contributed by atoms with Crippen LogP contribution in [0.15, 0.2) is 91.5 Å². The van der Waals surface area contributed by atoms with Gasteiger partial charge in [0.15, 0.2) is 5.69 Å². The first-order valence-corrected chi connectivity index (χ1v) is 20.5. The van der Waals surface area contributed by atoms with Crippen LogP contribution < -0.4 is 20.9 Å². The van der Waals surface area contributed by atoms with Crippen LogP contribution in [0.2, 0.25) is 0 Å².